The van der Waals surface area contributed by atoms with Crippen molar-refractivity contribution in [1.82, 2.24) is 10.2 Å². The Hall–Kier alpha value is -0.650. The van der Waals surface area contributed by atoms with Crippen LogP contribution in [-0.2, 0) is 9.53 Å². The molecule has 1 rings (SSSR count). The summed E-state index contributed by atoms with van der Waals surface area (Å²) in [6.07, 6.45) is 3.11. The summed E-state index contributed by atoms with van der Waals surface area (Å²) < 4.78 is 4.99. The van der Waals surface area contributed by atoms with Crippen molar-refractivity contribution in [1.29, 1.82) is 0 Å². The molecule has 94 valence electrons. The second-order valence-electron chi connectivity index (χ2n) is 4.48. The Morgan fingerprint density at radius 3 is 2.75 bits per heavy atom. The van der Waals surface area contributed by atoms with Crippen molar-refractivity contribution >= 4 is 5.91 Å². The van der Waals surface area contributed by atoms with Gasteiger partial charge < -0.3 is 20.7 Å². The summed E-state index contributed by atoms with van der Waals surface area (Å²) in [5.74, 6) is -0.243. The molecule has 0 spiro atoms. The molecule has 0 heterocycles. The molecule has 1 aliphatic rings. The van der Waals surface area contributed by atoms with Gasteiger partial charge in [0.15, 0.2) is 0 Å². The number of likely N-dealkylation sites (N-methyl/N-ethyl adjacent to an activating group) is 1. The van der Waals surface area contributed by atoms with Crippen molar-refractivity contribution in [2.75, 3.05) is 33.9 Å². The van der Waals surface area contributed by atoms with Crippen molar-refractivity contribution in [3.05, 3.63) is 0 Å². The van der Waals surface area contributed by atoms with E-state index in [4.69, 9.17) is 10.5 Å². The summed E-state index contributed by atoms with van der Waals surface area (Å²) in [5.41, 5.74) is 5.35. The number of nitrogens with zero attached hydrogens (tertiary/aromatic N) is 1. The zero-order valence-corrected chi connectivity index (χ0v) is 10.2. The van der Waals surface area contributed by atoms with Crippen molar-refractivity contribution in [3.63, 3.8) is 0 Å². The van der Waals surface area contributed by atoms with Crippen LogP contribution in [0.25, 0.3) is 0 Å². The summed E-state index contributed by atoms with van der Waals surface area (Å²) in [4.78, 5) is 13.4. The van der Waals surface area contributed by atoms with Crippen molar-refractivity contribution in [2.24, 2.45) is 5.73 Å². The maximum atomic E-state index is 11.2. The number of amides is 1. The monoisotopic (exact) mass is 229 g/mol. The minimum Gasteiger partial charge on any atom is -0.383 e. The average Bonchev–Trinajstić information content (AvgIpc) is 3.04. The van der Waals surface area contributed by atoms with Crippen LogP contribution in [0.2, 0.25) is 0 Å². The normalized spacial score (nSPS) is 17.7. The maximum Gasteiger partial charge on any atom is 0.234 e. The number of ether oxygens (including phenoxy) is 1. The van der Waals surface area contributed by atoms with E-state index in [1.54, 1.807) is 7.11 Å². The van der Waals surface area contributed by atoms with Crippen molar-refractivity contribution in [2.45, 2.75) is 31.3 Å². The second kappa shape index (κ2) is 6.83. The third-order valence-electron chi connectivity index (χ3n) is 2.83. The summed E-state index contributed by atoms with van der Waals surface area (Å²) in [6, 6.07) is 0.333. The minimum absolute atomic E-state index is 0.183. The van der Waals surface area contributed by atoms with Crippen LogP contribution in [0.5, 0.6) is 0 Å². The number of hydrogen-bond acceptors (Lipinski definition) is 4. The van der Waals surface area contributed by atoms with Gasteiger partial charge in [-0.2, -0.15) is 0 Å². The second-order valence-corrected chi connectivity index (χ2v) is 4.48. The lowest BCUT2D eigenvalue weighted by atomic mass is 10.2. The highest BCUT2D eigenvalue weighted by Gasteiger charge is 2.26. The first kappa shape index (κ1) is 13.4. The number of primary amides is 1. The van der Waals surface area contributed by atoms with Crippen molar-refractivity contribution in [3.8, 4) is 0 Å². The molecule has 0 aromatic rings. The first-order valence-corrected chi connectivity index (χ1v) is 5.86. The number of nitrogens with one attached hydrogen (secondary N) is 1. The molecule has 5 nitrogen and oxygen atoms in total. The zero-order chi connectivity index (χ0) is 12.0. The molecular weight excluding hydrogens is 206 g/mol. The van der Waals surface area contributed by atoms with E-state index in [-0.39, 0.29) is 11.9 Å². The molecule has 0 radical (unpaired) electrons. The van der Waals surface area contributed by atoms with Crippen LogP contribution in [0.3, 0.4) is 0 Å². The van der Waals surface area contributed by atoms with Gasteiger partial charge in [0, 0.05) is 19.7 Å². The Balaban J connectivity index is 2.17. The first-order valence-electron chi connectivity index (χ1n) is 5.86. The highest BCUT2D eigenvalue weighted by molar-refractivity contribution is 5.79. The number of nitrogens with two attached hydrogens (primary N) is 1. The lowest BCUT2D eigenvalue weighted by Gasteiger charge is -2.20. The summed E-state index contributed by atoms with van der Waals surface area (Å²) in [5, 5.41) is 3.27. The molecule has 0 aliphatic heterocycles. The number of carbonyl (C=O) groups is 1. The van der Waals surface area contributed by atoms with Crippen LogP contribution in [0.1, 0.15) is 19.3 Å². The quantitative estimate of drug-likeness (QED) is 0.562. The molecule has 1 atom stereocenters. The third-order valence-corrected chi connectivity index (χ3v) is 2.83. The van der Waals surface area contributed by atoms with Crippen LogP contribution >= 0.6 is 0 Å². The molecule has 0 bridgehead atoms. The van der Waals surface area contributed by atoms with E-state index < -0.39 is 0 Å². The molecular formula is C11H23N3O2. The van der Waals surface area contributed by atoms with E-state index in [2.05, 4.69) is 10.2 Å². The van der Waals surface area contributed by atoms with E-state index in [0.717, 1.165) is 19.5 Å². The lowest BCUT2D eigenvalue weighted by Crippen LogP contribution is -2.44. The Morgan fingerprint density at radius 2 is 2.25 bits per heavy atom. The molecule has 0 aromatic heterocycles. The molecule has 1 unspecified atom stereocenters. The molecule has 3 N–H and O–H groups in total. The topological polar surface area (TPSA) is 67.6 Å². The SMILES string of the molecule is COCCN(C)CCC(NC1CC1)C(N)=O. The molecule has 0 saturated heterocycles. The fourth-order valence-corrected chi connectivity index (χ4v) is 1.55. The molecule has 0 aromatic carbocycles. The molecule has 1 amide bonds. The van der Waals surface area contributed by atoms with Gasteiger partial charge in [-0.05, 0) is 32.9 Å². The third kappa shape index (κ3) is 5.44. The molecule has 5 heteroatoms. The standard InChI is InChI=1S/C11H23N3O2/c1-14(7-8-16-2)6-5-10(11(12)15)13-9-3-4-9/h9-10,13H,3-8H2,1-2H3,(H2,12,15). The fraction of sp³-hybridized carbons (Fsp3) is 0.909. The fourth-order valence-electron chi connectivity index (χ4n) is 1.55. The van der Waals surface area contributed by atoms with Crippen molar-refractivity contribution < 1.29 is 9.53 Å². The lowest BCUT2D eigenvalue weighted by molar-refractivity contribution is -0.120. The van der Waals surface area contributed by atoms with Crippen LogP contribution in [0.15, 0.2) is 0 Å². The minimum atomic E-state index is -0.243. The van der Waals surface area contributed by atoms with Gasteiger partial charge in [0.1, 0.15) is 0 Å². The smallest absolute Gasteiger partial charge is 0.234 e. The van der Waals surface area contributed by atoms with Crippen LogP contribution in [0.4, 0.5) is 0 Å². The molecule has 1 fully saturated rings. The van der Waals surface area contributed by atoms with E-state index >= 15 is 0 Å². The van der Waals surface area contributed by atoms with Gasteiger partial charge in [-0.15, -0.1) is 0 Å². The highest BCUT2D eigenvalue weighted by atomic mass is 16.5. The van der Waals surface area contributed by atoms with E-state index in [1.807, 2.05) is 7.05 Å². The molecule has 1 saturated carbocycles. The summed E-state index contributed by atoms with van der Waals surface area (Å²) >= 11 is 0. The maximum absolute atomic E-state index is 11.2. The molecule has 1 aliphatic carbocycles. The van der Waals surface area contributed by atoms with E-state index in [0.29, 0.717) is 12.6 Å². The van der Waals surface area contributed by atoms with Gasteiger partial charge in [-0.3, -0.25) is 4.79 Å². The number of methoxy groups -OCH3 is 1. The first-order chi connectivity index (χ1) is 7.63. The van der Waals surface area contributed by atoms with Crippen LogP contribution < -0.4 is 11.1 Å². The Bertz CT molecular complexity index is 219. The Labute approximate surface area is 97.3 Å². The predicted octanol–water partition coefficient (Wildman–Crippen LogP) is -0.439. The number of hydrogen-bond donors (Lipinski definition) is 2. The van der Waals surface area contributed by atoms with Gasteiger partial charge in [0.05, 0.1) is 12.6 Å². The number of rotatable bonds is 9. The van der Waals surface area contributed by atoms with Gasteiger partial charge >= 0.3 is 0 Å². The summed E-state index contributed by atoms with van der Waals surface area (Å²) in [6.45, 7) is 2.45. The Morgan fingerprint density at radius 1 is 1.56 bits per heavy atom. The summed E-state index contributed by atoms with van der Waals surface area (Å²) in [7, 11) is 3.71. The highest BCUT2D eigenvalue weighted by Crippen LogP contribution is 2.19. The van der Waals surface area contributed by atoms with Gasteiger partial charge in [-0.25, -0.2) is 0 Å². The zero-order valence-electron chi connectivity index (χ0n) is 10.2. The molecule has 16 heavy (non-hydrogen) atoms. The van der Waals surface area contributed by atoms with Gasteiger partial charge in [-0.1, -0.05) is 0 Å². The van der Waals surface area contributed by atoms with Gasteiger partial charge in [0.25, 0.3) is 0 Å². The van der Waals surface area contributed by atoms with Crippen LogP contribution in [-0.4, -0.2) is 56.7 Å². The Kier molecular flexibility index (Phi) is 5.73. The predicted molar refractivity (Wildman–Crippen MR) is 63.1 cm³/mol. The number of carbonyl (C=O) groups excluding carboxylic acids is 1. The average molecular weight is 229 g/mol. The van der Waals surface area contributed by atoms with Gasteiger partial charge in [0.2, 0.25) is 5.91 Å². The van der Waals surface area contributed by atoms with E-state index in [1.165, 1.54) is 12.8 Å². The largest absolute Gasteiger partial charge is 0.383 e. The van der Waals surface area contributed by atoms with Crippen LogP contribution in [0, 0.1) is 0 Å². The van der Waals surface area contributed by atoms with E-state index in [9.17, 15) is 4.79 Å².